The number of aromatic nitrogens is 2. The molecule has 3 aromatic rings. The van der Waals surface area contributed by atoms with Gasteiger partial charge in [-0.05, 0) is 49.2 Å². The fraction of sp³-hybridized carbons (Fsp3) is 0.360. The number of piperazine rings is 1. The van der Waals surface area contributed by atoms with Gasteiger partial charge in [0.05, 0.1) is 34.2 Å². The van der Waals surface area contributed by atoms with E-state index in [4.69, 9.17) is 10.5 Å². The molecule has 3 aliphatic rings. The van der Waals surface area contributed by atoms with E-state index in [0.29, 0.717) is 49.7 Å². The van der Waals surface area contributed by atoms with E-state index in [0.717, 1.165) is 24.2 Å². The largest absolute Gasteiger partial charge is 0.456 e. The number of nitriles is 1. The number of ether oxygens (including phenoxy) is 1. The molecule has 1 saturated heterocycles. The molecule has 1 unspecified atom stereocenters. The molecule has 0 amide bonds. The van der Waals surface area contributed by atoms with Crippen molar-refractivity contribution in [1.82, 2.24) is 18.8 Å². The summed E-state index contributed by atoms with van der Waals surface area (Å²) in [5.74, 6) is 0.669. The van der Waals surface area contributed by atoms with Gasteiger partial charge >= 0.3 is 0 Å². The first-order chi connectivity index (χ1) is 16.8. The molecule has 182 valence electrons. The van der Waals surface area contributed by atoms with Gasteiger partial charge in [-0.15, -0.1) is 0 Å². The zero-order valence-electron chi connectivity index (χ0n) is 19.6. The summed E-state index contributed by atoms with van der Waals surface area (Å²) in [4.78, 5) is 6.75. The molecule has 1 fully saturated rings. The van der Waals surface area contributed by atoms with Crippen LogP contribution in [-0.4, -0.2) is 59.9 Å². The Morgan fingerprint density at radius 2 is 1.91 bits per heavy atom. The SMILES string of the molecule is Cn1cncc1C1(N)CCCN2CCN(CC2)S(=O)(=O)c2cccc(c2)Oc2cc1ccc2C#N. The van der Waals surface area contributed by atoms with E-state index in [9.17, 15) is 13.7 Å². The second kappa shape index (κ2) is 9.09. The summed E-state index contributed by atoms with van der Waals surface area (Å²) in [7, 11) is -1.73. The van der Waals surface area contributed by atoms with Gasteiger partial charge in [-0.25, -0.2) is 13.4 Å². The lowest BCUT2D eigenvalue weighted by molar-refractivity contribution is 0.182. The van der Waals surface area contributed by atoms with Crippen LogP contribution in [0.25, 0.3) is 0 Å². The Bertz CT molecular complexity index is 1390. The summed E-state index contributed by atoms with van der Waals surface area (Å²) in [6, 6.07) is 13.9. The number of hydrogen-bond donors (Lipinski definition) is 1. The molecule has 4 heterocycles. The zero-order valence-corrected chi connectivity index (χ0v) is 20.4. The minimum absolute atomic E-state index is 0.174. The molecule has 2 aromatic carbocycles. The molecule has 0 spiro atoms. The Labute approximate surface area is 205 Å². The summed E-state index contributed by atoms with van der Waals surface area (Å²) in [6.45, 7) is 3.00. The minimum Gasteiger partial charge on any atom is -0.456 e. The fourth-order valence-electron chi connectivity index (χ4n) is 4.93. The normalized spacial score (nSPS) is 26.0. The topological polar surface area (TPSA) is 117 Å². The molecule has 10 heteroatoms. The van der Waals surface area contributed by atoms with Gasteiger partial charge in [0, 0.05) is 39.3 Å². The minimum atomic E-state index is -3.65. The molecular formula is C25H28N6O3S. The van der Waals surface area contributed by atoms with E-state index in [1.165, 1.54) is 10.4 Å². The van der Waals surface area contributed by atoms with E-state index >= 15 is 0 Å². The Kier molecular flexibility index (Phi) is 6.11. The van der Waals surface area contributed by atoms with Gasteiger partial charge in [0.25, 0.3) is 0 Å². The number of fused-ring (bicyclic) bond motifs is 5. The van der Waals surface area contributed by atoms with Crippen molar-refractivity contribution >= 4 is 10.0 Å². The van der Waals surface area contributed by atoms with E-state index < -0.39 is 15.6 Å². The van der Waals surface area contributed by atoms with E-state index in [1.54, 1.807) is 42.9 Å². The number of nitrogens with two attached hydrogens (primary N) is 1. The van der Waals surface area contributed by atoms with Crippen molar-refractivity contribution in [3.8, 4) is 17.6 Å². The predicted octanol–water partition coefficient (Wildman–Crippen LogP) is 2.39. The second-order valence-corrected chi connectivity index (χ2v) is 11.0. The first kappa shape index (κ1) is 23.5. The first-order valence-corrected chi connectivity index (χ1v) is 13.1. The molecule has 35 heavy (non-hydrogen) atoms. The van der Waals surface area contributed by atoms with Crippen LogP contribution in [0.4, 0.5) is 0 Å². The quantitative estimate of drug-likeness (QED) is 0.554. The second-order valence-electron chi connectivity index (χ2n) is 9.11. The average Bonchev–Trinajstić information content (AvgIpc) is 3.30. The number of rotatable bonds is 1. The van der Waals surface area contributed by atoms with Crippen molar-refractivity contribution in [3.05, 3.63) is 71.8 Å². The lowest BCUT2D eigenvalue weighted by Gasteiger charge is -2.36. The molecular weight excluding hydrogens is 464 g/mol. The lowest BCUT2D eigenvalue weighted by atomic mass is 9.82. The van der Waals surface area contributed by atoms with Gasteiger partial charge in [-0.3, -0.25) is 0 Å². The van der Waals surface area contributed by atoms with Crippen LogP contribution in [0.15, 0.2) is 59.9 Å². The number of imidazole rings is 1. The van der Waals surface area contributed by atoms with Crippen molar-refractivity contribution in [2.45, 2.75) is 23.3 Å². The average molecular weight is 493 g/mol. The van der Waals surface area contributed by atoms with Crippen molar-refractivity contribution in [2.75, 3.05) is 32.7 Å². The van der Waals surface area contributed by atoms with Crippen LogP contribution in [0.3, 0.4) is 0 Å². The molecule has 6 rings (SSSR count). The molecule has 1 aromatic heterocycles. The molecule has 1 atom stereocenters. The molecule has 0 radical (unpaired) electrons. The zero-order chi connectivity index (χ0) is 24.6. The van der Waals surface area contributed by atoms with Crippen molar-refractivity contribution in [1.29, 1.82) is 5.26 Å². The predicted molar refractivity (Wildman–Crippen MR) is 130 cm³/mol. The number of benzene rings is 2. The Balaban J connectivity index is 1.65. The number of aryl methyl sites for hydroxylation is 1. The molecule has 0 saturated carbocycles. The fourth-order valence-corrected chi connectivity index (χ4v) is 6.39. The number of sulfonamides is 1. The highest BCUT2D eigenvalue weighted by atomic mass is 32.2. The van der Waals surface area contributed by atoms with Crippen LogP contribution < -0.4 is 10.5 Å². The summed E-state index contributed by atoms with van der Waals surface area (Å²) >= 11 is 0. The van der Waals surface area contributed by atoms with Gasteiger partial charge in [0.1, 0.15) is 17.6 Å². The van der Waals surface area contributed by atoms with Crippen LogP contribution in [0.5, 0.6) is 11.5 Å². The monoisotopic (exact) mass is 492 g/mol. The highest BCUT2D eigenvalue weighted by Gasteiger charge is 2.34. The Morgan fingerprint density at radius 3 is 2.63 bits per heavy atom. The maximum absolute atomic E-state index is 13.3. The van der Waals surface area contributed by atoms with Gasteiger partial charge in [-0.1, -0.05) is 12.1 Å². The molecule has 9 nitrogen and oxygen atoms in total. The summed E-state index contributed by atoms with van der Waals surface area (Å²) < 4.78 is 36.1. The summed E-state index contributed by atoms with van der Waals surface area (Å²) in [6.07, 6.45) is 4.97. The van der Waals surface area contributed by atoms with Gasteiger partial charge in [-0.2, -0.15) is 9.57 Å². The van der Waals surface area contributed by atoms with E-state index in [2.05, 4.69) is 16.0 Å². The van der Waals surface area contributed by atoms with E-state index in [1.807, 2.05) is 17.7 Å². The standard InChI is InChI=1S/C25H28N6O3S/c1-29-18-28-17-24(29)25(27)8-3-9-30-10-12-31(13-11-30)35(32,33)22-5-2-4-21(15-22)34-23-14-20(25)7-6-19(23)16-26/h2,4-7,14-15,17-18H,3,8-13,27H2,1H3. The maximum Gasteiger partial charge on any atom is 0.243 e. The smallest absolute Gasteiger partial charge is 0.243 e. The maximum atomic E-state index is 13.3. The third kappa shape index (κ3) is 4.32. The molecule has 6 bridgehead atoms. The highest BCUT2D eigenvalue weighted by molar-refractivity contribution is 7.89. The number of hydrogen-bond acceptors (Lipinski definition) is 7. The molecule has 2 N–H and O–H groups in total. The van der Waals surface area contributed by atoms with Gasteiger partial charge in [0.2, 0.25) is 10.0 Å². The van der Waals surface area contributed by atoms with Crippen LogP contribution >= 0.6 is 0 Å². The lowest BCUT2D eigenvalue weighted by Crippen LogP contribution is -2.49. The van der Waals surface area contributed by atoms with Crippen molar-refractivity contribution in [2.24, 2.45) is 12.8 Å². The van der Waals surface area contributed by atoms with Crippen molar-refractivity contribution in [3.63, 3.8) is 0 Å². The van der Waals surface area contributed by atoms with Crippen LogP contribution in [0.2, 0.25) is 0 Å². The Morgan fingerprint density at radius 1 is 1.11 bits per heavy atom. The van der Waals surface area contributed by atoms with Crippen molar-refractivity contribution < 1.29 is 13.2 Å². The third-order valence-corrected chi connectivity index (χ3v) is 8.83. The van der Waals surface area contributed by atoms with Crippen LogP contribution in [-0.2, 0) is 22.6 Å². The Hall–Kier alpha value is -3.23. The van der Waals surface area contributed by atoms with Crippen LogP contribution in [0.1, 0.15) is 29.7 Å². The first-order valence-electron chi connectivity index (χ1n) is 11.6. The highest BCUT2D eigenvalue weighted by Crippen LogP contribution is 2.36. The van der Waals surface area contributed by atoms with Crippen LogP contribution in [0, 0.1) is 11.3 Å². The number of nitrogens with zero attached hydrogens (tertiary/aromatic N) is 5. The summed E-state index contributed by atoms with van der Waals surface area (Å²) in [5, 5.41) is 9.71. The van der Waals surface area contributed by atoms with E-state index in [-0.39, 0.29) is 4.90 Å². The van der Waals surface area contributed by atoms with Gasteiger partial charge in [0.15, 0.2) is 0 Å². The molecule has 0 aliphatic carbocycles. The van der Waals surface area contributed by atoms with Gasteiger partial charge < -0.3 is 19.9 Å². The molecule has 3 aliphatic heterocycles. The third-order valence-electron chi connectivity index (χ3n) is 6.94. The summed E-state index contributed by atoms with van der Waals surface area (Å²) in [5.41, 5.74) is 8.28.